The maximum absolute atomic E-state index is 14.2. The summed E-state index contributed by atoms with van der Waals surface area (Å²) in [6.07, 6.45) is -4.05. The number of methoxy groups -OCH3 is 1. The van der Waals surface area contributed by atoms with Gasteiger partial charge in [-0.1, -0.05) is 13.8 Å². The molecule has 1 aliphatic heterocycles. The monoisotopic (exact) mass is 722 g/mol. The Morgan fingerprint density at radius 1 is 0.804 bits per heavy atom. The largest absolute Gasteiger partial charge is 0.467 e. The third-order valence-corrected chi connectivity index (χ3v) is 12.5. The first-order valence-corrected chi connectivity index (χ1v) is 17.7. The van der Waals surface area contributed by atoms with Gasteiger partial charge in [0.25, 0.3) is 0 Å². The number of hydrogen-bond acceptors (Lipinski definition) is 15. The van der Waals surface area contributed by atoms with E-state index in [1.807, 2.05) is 0 Å². The summed E-state index contributed by atoms with van der Waals surface area (Å²) in [5.74, 6) is -4.83. The molecule has 51 heavy (non-hydrogen) atoms. The quantitative estimate of drug-likeness (QED) is 0.268. The molecule has 15 nitrogen and oxygen atoms in total. The molecule has 1 saturated heterocycles. The predicted octanol–water partition coefficient (Wildman–Crippen LogP) is 2.15. The van der Waals surface area contributed by atoms with Gasteiger partial charge < -0.3 is 38.3 Å². The van der Waals surface area contributed by atoms with Gasteiger partial charge in [0.15, 0.2) is 36.5 Å². The van der Waals surface area contributed by atoms with Crippen molar-refractivity contribution in [3.8, 4) is 0 Å². The van der Waals surface area contributed by atoms with Crippen molar-refractivity contribution in [3.05, 3.63) is 0 Å². The van der Waals surface area contributed by atoms with Crippen molar-refractivity contribution >= 4 is 41.4 Å². The van der Waals surface area contributed by atoms with Crippen LogP contribution < -0.4 is 0 Å². The maximum atomic E-state index is 14.2. The van der Waals surface area contributed by atoms with E-state index in [9.17, 15) is 38.7 Å². The molecule has 0 spiro atoms. The Labute approximate surface area is 296 Å². The number of carbonyl (C=O) groups is 7. The standard InChI is InChI=1S/C36H50O15/c1-17(37)47-22-10-12-34(5)21(14-22)8-9-23-24-11-13-36(44,35(24,6)15-25(41)27(23)34)26(42)16-46-33-31(50-20(4)40)29(49-19(3)39)28(48-18(2)38)30(51-33)32(43)45-7/h21-24,27-31,33,44H,8-16H2,1-7H3/t21-,22-,23+,24-,27+,28-,29-,30-,31+,33+,34+,35+,36+/m1/s1. The molecule has 0 aromatic carbocycles. The van der Waals surface area contributed by atoms with Crippen molar-refractivity contribution in [2.24, 2.45) is 34.5 Å². The molecule has 15 heteroatoms. The first-order chi connectivity index (χ1) is 23.9. The molecular formula is C36H50O15. The summed E-state index contributed by atoms with van der Waals surface area (Å²) >= 11 is 0. The lowest BCUT2D eigenvalue weighted by Gasteiger charge is -2.60. The van der Waals surface area contributed by atoms with Crippen LogP contribution in [0.4, 0.5) is 0 Å². The van der Waals surface area contributed by atoms with Gasteiger partial charge in [0, 0.05) is 45.4 Å². The van der Waals surface area contributed by atoms with E-state index in [1.165, 1.54) is 6.92 Å². The highest BCUT2D eigenvalue weighted by atomic mass is 16.7. The normalized spacial score (nSPS) is 41.5. The van der Waals surface area contributed by atoms with E-state index < -0.39 is 78.0 Å². The summed E-state index contributed by atoms with van der Waals surface area (Å²) in [7, 11) is 1.05. The molecule has 13 atom stereocenters. The fourth-order valence-corrected chi connectivity index (χ4v) is 10.3. The zero-order valence-electron chi connectivity index (χ0n) is 30.3. The van der Waals surface area contributed by atoms with Crippen LogP contribution in [-0.4, -0.2) is 103 Å². The van der Waals surface area contributed by atoms with Crippen LogP contribution in [0.15, 0.2) is 0 Å². The molecule has 4 aliphatic carbocycles. The second-order valence-electron chi connectivity index (χ2n) is 15.4. The summed E-state index contributed by atoms with van der Waals surface area (Å²) in [4.78, 5) is 89.0. The zero-order valence-corrected chi connectivity index (χ0v) is 30.3. The molecule has 0 amide bonds. The van der Waals surface area contributed by atoms with E-state index >= 15 is 0 Å². The Morgan fingerprint density at radius 2 is 1.41 bits per heavy atom. The highest BCUT2D eigenvalue weighted by molar-refractivity contribution is 5.92. The molecule has 5 aliphatic rings. The van der Waals surface area contributed by atoms with Crippen LogP contribution in [0.25, 0.3) is 0 Å². The third kappa shape index (κ3) is 7.05. The molecule has 0 aromatic rings. The number of hydrogen-bond donors (Lipinski definition) is 1. The Balaban J connectivity index is 1.36. The number of esters is 5. The number of ketones is 2. The highest BCUT2D eigenvalue weighted by Gasteiger charge is 2.69. The SMILES string of the molecule is COC(=O)[C@@H]1O[C@H](OCC(=O)[C@@]2(O)CC[C@@H]3[C@@H]4CC[C@@H]5C[C@H](OC(C)=O)CC[C@]5(C)[C@@H]4C(=O)C[C@@]32C)[C@@H](OC(C)=O)[C@H](OC(C)=O)[C@H]1OC(C)=O. The molecule has 1 heterocycles. The van der Waals surface area contributed by atoms with Crippen molar-refractivity contribution in [2.45, 2.75) is 135 Å². The molecule has 0 aromatic heterocycles. The van der Waals surface area contributed by atoms with Gasteiger partial charge in [0.05, 0.1) is 7.11 Å². The smallest absolute Gasteiger partial charge is 0.339 e. The summed E-state index contributed by atoms with van der Waals surface area (Å²) < 4.78 is 38.0. The van der Waals surface area contributed by atoms with Gasteiger partial charge >= 0.3 is 29.8 Å². The van der Waals surface area contributed by atoms with Gasteiger partial charge in [-0.25, -0.2) is 4.79 Å². The van der Waals surface area contributed by atoms with Crippen molar-refractivity contribution in [2.75, 3.05) is 13.7 Å². The van der Waals surface area contributed by atoms with Crippen LogP contribution in [0.5, 0.6) is 0 Å². The van der Waals surface area contributed by atoms with Crippen molar-refractivity contribution in [3.63, 3.8) is 0 Å². The van der Waals surface area contributed by atoms with Crippen LogP contribution in [-0.2, 0) is 66.7 Å². The van der Waals surface area contributed by atoms with Crippen LogP contribution >= 0.6 is 0 Å². The molecule has 0 unspecified atom stereocenters. The molecule has 5 fully saturated rings. The van der Waals surface area contributed by atoms with E-state index in [4.69, 9.17) is 33.2 Å². The average Bonchev–Trinajstić information content (AvgIpc) is 3.31. The van der Waals surface area contributed by atoms with Crippen molar-refractivity contribution < 1.29 is 71.8 Å². The van der Waals surface area contributed by atoms with E-state index in [0.717, 1.165) is 47.1 Å². The van der Waals surface area contributed by atoms with E-state index in [-0.39, 0.29) is 59.8 Å². The number of carbonyl (C=O) groups excluding carboxylic acids is 7. The van der Waals surface area contributed by atoms with Crippen LogP contribution in [0.1, 0.15) is 92.9 Å². The molecule has 284 valence electrons. The van der Waals surface area contributed by atoms with Crippen LogP contribution in [0.3, 0.4) is 0 Å². The lowest BCUT2D eigenvalue weighted by Crippen LogP contribution is -2.64. The van der Waals surface area contributed by atoms with Gasteiger partial charge in [0.1, 0.15) is 24.1 Å². The van der Waals surface area contributed by atoms with Gasteiger partial charge in [0.2, 0.25) is 0 Å². The average molecular weight is 723 g/mol. The Kier molecular flexibility index (Phi) is 11.1. The van der Waals surface area contributed by atoms with E-state index in [0.29, 0.717) is 19.3 Å². The Hall–Kier alpha value is -3.43. The second-order valence-corrected chi connectivity index (χ2v) is 15.4. The maximum Gasteiger partial charge on any atom is 0.339 e. The lowest BCUT2D eigenvalue weighted by molar-refractivity contribution is -0.300. The lowest BCUT2D eigenvalue weighted by atomic mass is 9.44. The molecule has 5 rings (SSSR count). The van der Waals surface area contributed by atoms with E-state index in [1.54, 1.807) is 6.92 Å². The van der Waals surface area contributed by atoms with Crippen molar-refractivity contribution in [1.82, 2.24) is 0 Å². The minimum atomic E-state index is -1.95. The molecular weight excluding hydrogens is 672 g/mol. The topological polar surface area (TPSA) is 204 Å². The number of aliphatic hydroxyl groups is 1. The van der Waals surface area contributed by atoms with Crippen molar-refractivity contribution in [1.29, 1.82) is 0 Å². The predicted molar refractivity (Wildman–Crippen MR) is 171 cm³/mol. The first-order valence-electron chi connectivity index (χ1n) is 17.7. The summed E-state index contributed by atoms with van der Waals surface area (Å²) in [6.45, 7) is 7.76. The van der Waals surface area contributed by atoms with E-state index in [2.05, 4.69) is 6.92 Å². The number of ether oxygens (including phenoxy) is 7. The minimum absolute atomic E-state index is 0.00420. The van der Waals surface area contributed by atoms with Gasteiger partial charge in [-0.15, -0.1) is 0 Å². The molecule has 1 N–H and O–H groups in total. The summed E-state index contributed by atoms with van der Waals surface area (Å²) in [6, 6.07) is 0. The minimum Gasteiger partial charge on any atom is -0.467 e. The molecule has 0 bridgehead atoms. The molecule has 4 saturated carbocycles. The van der Waals surface area contributed by atoms with Crippen LogP contribution in [0.2, 0.25) is 0 Å². The van der Waals surface area contributed by atoms with Gasteiger partial charge in [-0.05, 0) is 68.1 Å². The highest BCUT2D eigenvalue weighted by Crippen LogP contribution is 2.67. The number of rotatable bonds is 9. The summed E-state index contributed by atoms with van der Waals surface area (Å²) in [5, 5.41) is 12.2. The van der Waals surface area contributed by atoms with Gasteiger partial charge in [-0.3, -0.25) is 28.8 Å². The van der Waals surface area contributed by atoms with Crippen LogP contribution in [0, 0.1) is 34.5 Å². The fourth-order valence-electron chi connectivity index (χ4n) is 10.3. The molecule has 0 radical (unpaired) electrons. The number of Topliss-reactive ketones (excluding diaryl/α,β-unsaturated/α-hetero) is 2. The Morgan fingerprint density at radius 3 is 2.02 bits per heavy atom. The Bertz CT molecular complexity index is 1440. The first kappa shape index (κ1) is 38.8. The zero-order chi connectivity index (χ0) is 37.6. The number of fused-ring (bicyclic) bond motifs is 5. The third-order valence-electron chi connectivity index (χ3n) is 12.5. The summed E-state index contributed by atoms with van der Waals surface area (Å²) in [5.41, 5.74) is -3.33. The fraction of sp³-hybridized carbons (Fsp3) is 0.806. The van der Waals surface area contributed by atoms with Gasteiger partial charge in [-0.2, -0.15) is 0 Å². The second kappa shape index (κ2) is 14.5.